The third-order valence-electron chi connectivity index (χ3n) is 0.313. The van der Waals surface area contributed by atoms with Gasteiger partial charge in [-0.05, 0) is 0 Å². The Bertz CT molecular complexity index is 80.7. The first-order chi connectivity index (χ1) is 3.00. The van der Waals surface area contributed by atoms with E-state index < -0.39 is 0 Å². The van der Waals surface area contributed by atoms with E-state index in [1.54, 1.807) is 0 Å². The second kappa shape index (κ2) is 1.40. The first kappa shape index (κ1) is 3.14. The summed E-state index contributed by atoms with van der Waals surface area (Å²) in [7, 11) is 0. The zero-order valence-electron chi connectivity index (χ0n) is 2.88. The Balaban J connectivity index is 3.00. The summed E-state index contributed by atoms with van der Waals surface area (Å²) >= 11 is 0. The Morgan fingerprint density at radius 3 is 2.67 bits per heavy atom. The second-order valence-electron chi connectivity index (χ2n) is 0.668. The molecule has 34 valence electrons. The van der Waals surface area contributed by atoms with Crippen LogP contribution in [0.15, 0.2) is 26.5 Å². The minimum absolute atomic E-state index is 1.31. The summed E-state index contributed by atoms with van der Waals surface area (Å²) in [5.74, 6) is 0. The van der Waals surface area contributed by atoms with Gasteiger partial charge in [-0.25, -0.2) is 0 Å². The maximum Gasteiger partial charge on any atom is 0.166 e. The van der Waals surface area contributed by atoms with Gasteiger partial charge < -0.3 is 0 Å². The van der Waals surface area contributed by atoms with Crippen LogP contribution in [0.4, 0.5) is 0 Å². The highest BCUT2D eigenvalue weighted by Gasteiger charge is 1.58. The molecule has 0 atom stereocenters. The molecule has 1 rings (SSSR count). The van der Waals surface area contributed by atoms with Gasteiger partial charge in [0.1, 0.15) is 0 Å². The highest BCUT2D eigenvalue weighted by molar-refractivity contribution is 4.44. The predicted octanol–water partition coefficient (Wildman–Crippen LogP) is 0.918. The quantitative estimate of drug-likeness (QED) is 0.481. The van der Waals surface area contributed by atoms with Crippen LogP contribution < -0.4 is 0 Å². The van der Waals surface area contributed by atoms with Crippen molar-refractivity contribution in [3.8, 4) is 0 Å². The van der Waals surface area contributed by atoms with E-state index in [1.807, 2.05) is 0 Å². The van der Waals surface area contributed by atoms with Crippen molar-refractivity contribution < 1.29 is 14.0 Å². The molecule has 0 unspecified atom stereocenters. The summed E-state index contributed by atoms with van der Waals surface area (Å²) in [6.07, 6.45) is 2.76. The SMILES string of the molecule is c1cooo[nH]1. The summed E-state index contributed by atoms with van der Waals surface area (Å²) in [5.41, 5.74) is 0. The molecule has 0 aromatic carbocycles. The number of H-pyrrole nitrogens is 1. The minimum atomic E-state index is 1.31. The van der Waals surface area contributed by atoms with Gasteiger partial charge in [-0.3, -0.25) is 4.58 Å². The molecule has 0 fully saturated rings. The fourth-order valence-electron chi connectivity index (χ4n) is 0.145. The van der Waals surface area contributed by atoms with Crippen LogP contribution >= 0.6 is 0 Å². The van der Waals surface area contributed by atoms with Crippen LogP contribution in [0.2, 0.25) is 0 Å². The van der Waals surface area contributed by atoms with E-state index in [-0.39, 0.29) is 0 Å². The topological polar surface area (TPSA) is 55.2 Å². The van der Waals surface area contributed by atoms with Crippen molar-refractivity contribution in [2.45, 2.75) is 0 Å². The molecule has 0 aliphatic carbocycles. The van der Waals surface area contributed by atoms with Gasteiger partial charge in [-0.2, -0.15) is 9.84 Å². The fourth-order valence-corrected chi connectivity index (χ4v) is 0.145. The maximum atomic E-state index is 4.10. The number of nitrogens with one attached hydrogen (secondary N) is 1. The van der Waals surface area contributed by atoms with Gasteiger partial charge in [0.15, 0.2) is 6.26 Å². The normalized spacial score (nSPS) is 8.00. The van der Waals surface area contributed by atoms with Crippen molar-refractivity contribution >= 4 is 0 Å². The van der Waals surface area contributed by atoms with Crippen molar-refractivity contribution in [2.24, 2.45) is 0 Å². The zero-order chi connectivity index (χ0) is 4.24. The molecule has 0 aliphatic rings. The number of hydrogen-bond acceptors (Lipinski definition) is 3. The van der Waals surface area contributed by atoms with Crippen molar-refractivity contribution in [1.29, 1.82) is 0 Å². The van der Waals surface area contributed by atoms with Gasteiger partial charge in [0, 0.05) is 0 Å². The predicted molar refractivity (Wildman–Crippen MR) is 15.2 cm³/mol. The molecule has 6 heavy (non-hydrogen) atoms. The Labute approximate surface area is 32.9 Å². The Kier molecular flexibility index (Phi) is 0.731. The summed E-state index contributed by atoms with van der Waals surface area (Å²) < 4.78 is 12.0. The van der Waals surface area contributed by atoms with Crippen LogP contribution in [0, 0.1) is 0 Å². The Morgan fingerprint density at radius 2 is 2.50 bits per heavy atom. The van der Waals surface area contributed by atoms with E-state index in [4.69, 9.17) is 0 Å². The molecular weight excluding hydrogens is 86.0 g/mol. The van der Waals surface area contributed by atoms with Gasteiger partial charge >= 0.3 is 0 Å². The average molecular weight is 89.0 g/mol. The number of aromatic nitrogens is 1. The van der Waals surface area contributed by atoms with Gasteiger partial charge in [-0.15, -0.1) is 0 Å². The molecule has 0 aliphatic heterocycles. The summed E-state index contributed by atoms with van der Waals surface area (Å²) in [6.45, 7) is 0. The lowest BCUT2D eigenvalue weighted by molar-refractivity contribution is -0.216. The van der Waals surface area contributed by atoms with E-state index in [0.717, 1.165) is 0 Å². The lowest BCUT2D eigenvalue weighted by atomic mass is 11.0. The number of rotatable bonds is 0. The van der Waals surface area contributed by atoms with Crippen molar-refractivity contribution in [3.05, 3.63) is 12.5 Å². The maximum absolute atomic E-state index is 4.10. The summed E-state index contributed by atoms with van der Waals surface area (Å²) in [5, 5.41) is 2.26. The molecule has 0 radical (unpaired) electrons. The van der Waals surface area contributed by atoms with Crippen LogP contribution in [-0.4, -0.2) is 5.16 Å². The minimum Gasteiger partial charge on any atom is -0.257 e. The molecule has 1 heterocycles. The van der Waals surface area contributed by atoms with Gasteiger partial charge in [0.05, 0.1) is 6.20 Å². The fraction of sp³-hybridized carbons (Fsp3) is 0. The highest BCUT2D eigenvalue weighted by atomic mass is 17.2. The average Bonchev–Trinajstić information content (AvgIpc) is 1.72. The Morgan fingerprint density at radius 1 is 1.50 bits per heavy atom. The number of aromatic amines is 1. The zero-order valence-corrected chi connectivity index (χ0v) is 2.88. The molecule has 4 heteroatoms. The number of hydrogen-bond donors (Lipinski definition) is 1. The van der Waals surface area contributed by atoms with Gasteiger partial charge in [-0.1, -0.05) is 4.74 Å². The largest absolute Gasteiger partial charge is 0.257 e. The molecule has 0 spiro atoms. The van der Waals surface area contributed by atoms with E-state index in [2.05, 4.69) is 19.2 Å². The van der Waals surface area contributed by atoms with Crippen LogP contribution in [-0.2, 0) is 0 Å². The molecule has 4 nitrogen and oxygen atoms in total. The standard InChI is InChI=1S/C2H3NO3/c1-2-4-6-5-3-1/h1-3H. The van der Waals surface area contributed by atoms with E-state index in [1.165, 1.54) is 12.5 Å². The van der Waals surface area contributed by atoms with Gasteiger partial charge in [0.25, 0.3) is 0 Å². The molecule has 0 amide bonds. The molecule has 0 saturated carbocycles. The van der Waals surface area contributed by atoms with E-state index in [9.17, 15) is 0 Å². The van der Waals surface area contributed by atoms with Crippen LogP contribution in [0.25, 0.3) is 0 Å². The lowest BCUT2D eigenvalue weighted by Crippen LogP contribution is -1.58. The Hall–Kier alpha value is -1.06. The molecule has 0 saturated heterocycles. The summed E-state index contributed by atoms with van der Waals surface area (Å²) in [4.78, 5) is 0. The third kappa shape index (κ3) is 0.453. The lowest BCUT2D eigenvalue weighted by Gasteiger charge is -1.72. The van der Waals surface area contributed by atoms with E-state index in [0.29, 0.717) is 0 Å². The molecular formula is C2H3NO3. The van der Waals surface area contributed by atoms with Crippen LogP contribution in [0.5, 0.6) is 0 Å². The summed E-state index contributed by atoms with van der Waals surface area (Å²) in [6, 6.07) is 0. The molecule has 0 bridgehead atoms. The highest BCUT2D eigenvalue weighted by Crippen LogP contribution is 1.73. The first-order valence-electron chi connectivity index (χ1n) is 1.40. The smallest absolute Gasteiger partial charge is 0.166 e. The van der Waals surface area contributed by atoms with Gasteiger partial charge in [0.2, 0.25) is 0 Å². The van der Waals surface area contributed by atoms with Crippen LogP contribution in [0.3, 0.4) is 0 Å². The van der Waals surface area contributed by atoms with Crippen LogP contribution in [0.1, 0.15) is 0 Å². The third-order valence-corrected chi connectivity index (χ3v) is 0.313. The molecule has 1 aromatic rings. The van der Waals surface area contributed by atoms with Crippen molar-refractivity contribution in [1.82, 2.24) is 5.16 Å². The van der Waals surface area contributed by atoms with Crippen molar-refractivity contribution in [3.63, 3.8) is 0 Å². The molecule has 1 aromatic heterocycles. The van der Waals surface area contributed by atoms with Crippen molar-refractivity contribution in [2.75, 3.05) is 0 Å². The monoisotopic (exact) mass is 89.0 g/mol. The van der Waals surface area contributed by atoms with E-state index >= 15 is 0 Å². The first-order valence-corrected chi connectivity index (χ1v) is 1.40. The second-order valence-corrected chi connectivity index (χ2v) is 0.668. The molecule has 1 N–H and O–H groups in total.